The average molecular weight is 681 g/mol. The van der Waals surface area contributed by atoms with E-state index in [2.05, 4.69) is 31.2 Å². The number of carbonyl (C=O) groups is 2. The van der Waals surface area contributed by atoms with Crippen LogP contribution in [-0.2, 0) is 20.6 Å². The summed E-state index contributed by atoms with van der Waals surface area (Å²) in [6.07, 6.45) is -2.47. The van der Waals surface area contributed by atoms with Gasteiger partial charge in [-0.2, -0.15) is 13.2 Å². The summed E-state index contributed by atoms with van der Waals surface area (Å²) in [6.45, 7) is 1.70. The number of aromatic nitrogens is 2. The van der Waals surface area contributed by atoms with Crippen LogP contribution in [0, 0.1) is 11.6 Å². The van der Waals surface area contributed by atoms with Crippen molar-refractivity contribution in [2.45, 2.75) is 23.0 Å². The van der Waals surface area contributed by atoms with Gasteiger partial charge in [0, 0.05) is 17.4 Å². The maximum absolute atomic E-state index is 15.0. The second-order valence-electron chi connectivity index (χ2n) is 9.23. The number of nitrogens with zero attached hydrogens (tertiary/aromatic N) is 2. The zero-order valence-electron chi connectivity index (χ0n) is 24.0. The van der Waals surface area contributed by atoms with E-state index in [1.165, 1.54) is 42.2 Å². The van der Waals surface area contributed by atoms with Crippen molar-refractivity contribution >= 4 is 62.5 Å². The molecule has 0 spiro atoms. The minimum Gasteiger partial charge on any atom is -0.449 e. The molecular formula is C29H25F5N6O4S2. The zero-order valence-corrected chi connectivity index (χ0v) is 25.6. The molecule has 46 heavy (non-hydrogen) atoms. The summed E-state index contributed by atoms with van der Waals surface area (Å²) in [5, 5.41) is 7.51. The van der Waals surface area contributed by atoms with E-state index in [4.69, 9.17) is 4.74 Å². The van der Waals surface area contributed by atoms with E-state index in [0.29, 0.717) is 40.0 Å². The number of amides is 3. The lowest BCUT2D eigenvalue weighted by molar-refractivity contribution is -0.137. The first-order valence-electron chi connectivity index (χ1n) is 13.0. The van der Waals surface area contributed by atoms with Crippen molar-refractivity contribution in [3.63, 3.8) is 0 Å². The van der Waals surface area contributed by atoms with Gasteiger partial charge in [0.2, 0.25) is 5.95 Å². The number of hydrogen-bond donors (Lipinski definition) is 4. The monoisotopic (exact) mass is 680 g/mol. The van der Waals surface area contributed by atoms with E-state index in [0.717, 1.165) is 6.07 Å². The van der Waals surface area contributed by atoms with Crippen LogP contribution in [0.25, 0.3) is 11.1 Å². The third kappa shape index (κ3) is 8.42. The highest BCUT2D eigenvalue weighted by Gasteiger charge is 2.31. The van der Waals surface area contributed by atoms with Crippen LogP contribution in [0.5, 0.6) is 0 Å². The van der Waals surface area contributed by atoms with Gasteiger partial charge in [-0.3, -0.25) is 0 Å². The summed E-state index contributed by atoms with van der Waals surface area (Å²) in [5.41, 5.74) is -1.02. The van der Waals surface area contributed by atoms with Crippen LogP contribution < -0.4 is 20.7 Å². The lowest BCUT2D eigenvalue weighted by Gasteiger charge is -2.14. The highest BCUT2D eigenvalue weighted by Crippen LogP contribution is 2.33. The summed E-state index contributed by atoms with van der Waals surface area (Å²) >= 11 is 1.23. The smallest absolute Gasteiger partial charge is 0.418 e. The normalized spacial score (nSPS) is 12.5. The summed E-state index contributed by atoms with van der Waals surface area (Å²) in [6, 6.07) is 10.4. The van der Waals surface area contributed by atoms with Gasteiger partial charge in [0.25, 0.3) is 0 Å². The lowest BCUT2D eigenvalue weighted by Crippen LogP contribution is -2.31. The Morgan fingerprint density at radius 2 is 1.74 bits per heavy atom. The molecule has 4 aromatic rings. The maximum atomic E-state index is 15.0. The standard InChI is InChI=1S/C29H25F5N6O4S2/c1-4-44-28(42)40-46(3,43)19-7-5-6-18(14-19)36-26-35-15-20(25(39-26)45-2)16-8-11-23(22(31)12-16)37-27(41)38-24-13-17(29(32,33)34)9-10-21(24)30/h5-15H,3-4H2,1-2H3,(H,35,36,39)(H2,37,38,41)(H,40,42,43). The Labute approximate surface area is 264 Å². The van der Waals surface area contributed by atoms with Crippen molar-refractivity contribution in [2.75, 3.05) is 28.8 Å². The molecule has 0 aliphatic rings. The summed E-state index contributed by atoms with van der Waals surface area (Å²) in [4.78, 5) is 33.0. The molecule has 0 radical (unpaired) electrons. The van der Waals surface area contributed by atoms with Crippen LogP contribution in [0.1, 0.15) is 12.5 Å². The van der Waals surface area contributed by atoms with Crippen LogP contribution in [-0.4, -0.2) is 45.0 Å². The van der Waals surface area contributed by atoms with Gasteiger partial charge in [-0.1, -0.05) is 12.1 Å². The van der Waals surface area contributed by atoms with E-state index in [1.54, 1.807) is 25.3 Å². The summed E-state index contributed by atoms with van der Waals surface area (Å²) in [5.74, 6) is 1.74. The first kappa shape index (κ1) is 34.0. The van der Waals surface area contributed by atoms with E-state index in [9.17, 15) is 31.4 Å². The van der Waals surface area contributed by atoms with Gasteiger partial charge in [0.05, 0.1) is 38.1 Å². The number of urea groups is 1. The van der Waals surface area contributed by atoms with Crippen LogP contribution >= 0.6 is 11.8 Å². The molecule has 0 saturated heterocycles. The Bertz CT molecular complexity index is 1890. The van der Waals surface area contributed by atoms with E-state index < -0.39 is 50.9 Å². The SMILES string of the molecule is C=S(=O)(NC(=O)OCC)c1cccc(Nc2ncc(-c3ccc(NC(=O)Nc4cc(C(F)(F)F)ccc4F)c(F)c3)c(SC)n2)c1. The molecular weight excluding hydrogens is 655 g/mol. The van der Waals surface area contributed by atoms with Crippen LogP contribution in [0.2, 0.25) is 0 Å². The zero-order chi connectivity index (χ0) is 33.6. The van der Waals surface area contributed by atoms with Gasteiger partial charge in [0.1, 0.15) is 16.7 Å². The van der Waals surface area contributed by atoms with E-state index in [-0.39, 0.29) is 23.1 Å². The predicted molar refractivity (Wildman–Crippen MR) is 167 cm³/mol. The predicted octanol–water partition coefficient (Wildman–Crippen LogP) is 7.29. The molecule has 1 heterocycles. The van der Waals surface area contributed by atoms with E-state index in [1.807, 2.05) is 5.32 Å². The average Bonchev–Trinajstić information content (AvgIpc) is 2.98. The van der Waals surface area contributed by atoms with Gasteiger partial charge in [-0.25, -0.2) is 37.3 Å². The molecule has 0 fully saturated rings. The van der Waals surface area contributed by atoms with Crippen LogP contribution in [0.3, 0.4) is 0 Å². The second kappa shape index (κ2) is 14.0. The molecule has 0 bridgehead atoms. The fourth-order valence-electron chi connectivity index (χ4n) is 3.90. The van der Waals surface area contributed by atoms with Crippen molar-refractivity contribution in [3.05, 3.63) is 84.1 Å². The second-order valence-corrected chi connectivity index (χ2v) is 12.1. The van der Waals surface area contributed by atoms with Crippen LogP contribution in [0.4, 0.5) is 54.6 Å². The number of nitrogens with one attached hydrogen (secondary N) is 4. The quantitative estimate of drug-likeness (QED) is 0.0627. The number of halogens is 5. The van der Waals surface area contributed by atoms with Gasteiger partial charge in [-0.15, -0.1) is 11.8 Å². The van der Waals surface area contributed by atoms with Crippen molar-refractivity contribution in [2.24, 2.45) is 0 Å². The van der Waals surface area contributed by atoms with Gasteiger partial charge >= 0.3 is 18.3 Å². The van der Waals surface area contributed by atoms with Crippen molar-refractivity contribution in [1.29, 1.82) is 0 Å². The van der Waals surface area contributed by atoms with Crippen molar-refractivity contribution in [3.8, 4) is 11.1 Å². The minimum absolute atomic E-state index is 0.0908. The molecule has 3 amide bonds. The number of carbonyl (C=O) groups excluding carboxylic acids is 2. The molecule has 3 aromatic carbocycles. The molecule has 0 saturated carbocycles. The summed E-state index contributed by atoms with van der Waals surface area (Å²) in [7, 11) is -3.23. The fourth-order valence-corrected chi connectivity index (χ4v) is 5.53. The van der Waals surface area contributed by atoms with E-state index >= 15 is 4.39 Å². The molecule has 4 N–H and O–H groups in total. The number of benzene rings is 3. The molecule has 0 aliphatic carbocycles. The minimum atomic E-state index is -4.76. The first-order chi connectivity index (χ1) is 21.7. The molecule has 0 aliphatic heterocycles. The first-order valence-corrected chi connectivity index (χ1v) is 16.0. The lowest BCUT2D eigenvalue weighted by atomic mass is 10.1. The molecule has 10 nitrogen and oxygen atoms in total. The number of ether oxygens (including phenoxy) is 1. The molecule has 1 atom stereocenters. The highest BCUT2D eigenvalue weighted by molar-refractivity contribution is 7.99. The Kier molecular flexibility index (Phi) is 10.4. The molecule has 1 aromatic heterocycles. The molecule has 1 unspecified atom stereocenters. The van der Waals surface area contributed by atoms with Gasteiger partial charge in [0.15, 0.2) is 0 Å². The molecule has 242 valence electrons. The Balaban J connectivity index is 1.49. The largest absolute Gasteiger partial charge is 0.449 e. The van der Waals surface area contributed by atoms with Crippen molar-refractivity contribution < 1.29 is 40.5 Å². The topological polar surface area (TPSA) is 134 Å². The Morgan fingerprint density at radius 3 is 2.41 bits per heavy atom. The number of rotatable bonds is 9. The number of alkyl halides is 3. The number of hydrogen-bond acceptors (Lipinski definition) is 8. The Morgan fingerprint density at radius 1 is 1.00 bits per heavy atom. The number of anilines is 4. The fraction of sp³-hybridized carbons (Fsp3) is 0.138. The Hall–Kier alpha value is -4.90. The van der Waals surface area contributed by atoms with Crippen molar-refractivity contribution in [1.82, 2.24) is 14.7 Å². The number of thioether (sulfide) groups is 1. The van der Waals surface area contributed by atoms with Gasteiger partial charge in [-0.05, 0) is 73.1 Å². The highest BCUT2D eigenvalue weighted by atomic mass is 32.2. The maximum Gasteiger partial charge on any atom is 0.418 e. The molecule has 17 heteroatoms. The summed E-state index contributed by atoms with van der Waals surface area (Å²) < 4.78 is 87.8. The third-order valence-corrected chi connectivity index (χ3v) is 8.22. The molecule has 4 rings (SSSR count). The van der Waals surface area contributed by atoms with Gasteiger partial charge < -0.3 is 20.7 Å². The van der Waals surface area contributed by atoms with Crippen LogP contribution in [0.15, 0.2) is 76.8 Å². The third-order valence-electron chi connectivity index (χ3n) is 6.01.